The number of halogens is 1. The normalized spacial score (nSPS) is 16.2. The molecule has 0 saturated carbocycles. The quantitative estimate of drug-likeness (QED) is 0.847. The summed E-state index contributed by atoms with van der Waals surface area (Å²) in [5.74, 6) is 0.222. The van der Waals surface area contributed by atoms with Gasteiger partial charge >= 0.3 is 0 Å². The molecule has 1 N–H and O–H groups in total. The Kier molecular flexibility index (Phi) is 3.46. The number of nitrogens with one attached hydrogen (secondary N) is 1. The summed E-state index contributed by atoms with van der Waals surface area (Å²) >= 11 is 0. The Hall–Kier alpha value is -1.38. The molecule has 17 heavy (non-hydrogen) atoms. The maximum absolute atomic E-state index is 13.2. The minimum absolute atomic E-state index is 0.253. The van der Waals surface area contributed by atoms with Crippen molar-refractivity contribution in [3.63, 3.8) is 0 Å². The van der Waals surface area contributed by atoms with Gasteiger partial charge in [0.25, 0.3) is 0 Å². The van der Waals surface area contributed by atoms with E-state index >= 15 is 0 Å². The Morgan fingerprint density at radius 1 is 1.47 bits per heavy atom. The molecule has 92 valence electrons. The molecule has 0 saturated heterocycles. The zero-order valence-electron chi connectivity index (χ0n) is 10.5. The molecule has 1 aliphatic rings. The molecule has 3 heteroatoms. The van der Waals surface area contributed by atoms with Crippen molar-refractivity contribution in [1.82, 2.24) is 4.90 Å². The zero-order valence-corrected chi connectivity index (χ0v) is 10.5. The topological polar surface area (TPSA) is 27.1 Å². The molecular weight excluding hydrogens is 215 g/mol. The van der Waals surface area contributed by atoms with Gasteiger partial charge in [-0.1, -0.05) is 25.8 Å². The lowest BCUT2D eigenvalue weighted by atomic mass is 10.1. The standard InChI is InChI=1S/C14H19FN2/c1-3-4-5-10(2)17-9-11-6-7-12(15)8-13(11)14(17)16/h6-8,10,16H,3-5,9H2,1-2H3. The molecule has 0 aliphatic carbocycles. The van der Waals surface area contributed by atoms with Crippen LogP contribution in [0.15, 0.2) is 18.2 Å². The highest BCUT2D eigenvalue weighted by molar-refractivity contribution is 6.00. The number of rotatable bonds is 4. The van der Waals surface area contributed by atoms with Gasteiger partial charge in [0.2, 0.25) is 0 Å². The number of hydrogen-bond donors (Lipinski definition) is 1. The number of nitrogens with zero attached hydrogens (tertiary/aromatic N) is 1. The van der Waals surface area contributed by atoms with E-state index in [2.05, 4.69) is 18.7 Å². The first-order valence-corrected chi connectivity index (χ1v) is 6.27. The van der Waals surface area contributed by atoms with Crippen LogP contribution in [0.3, 0.4) is 0 Å². The predicted molar refractivity (Wildman–Crippen MR) is 67.8 cm³/mol. The fraction of sp³-hybridized carbons (Fsp3) is 0.500. The summed E-state index contributed by atoms with van der Waals surface area (Å²) in [6.07, 6.45) is 3.44. The number of amidine groups is 1. The van der Waals surface area contributed by atoms with Crippen LogP contribution in [-0.2, 0) is 6.54 Å². The van der Waals surface area contributed by atoms with Gasteiger partial charge in [-0.3, -0.25) is 5.41 Å². The van der Waals surface area contributed by atoms with E-state index in [0.717, 1.165) is 24.1 Å². The first-order chi connectivity index (χ1) is 8.13. The van der Waals surface area contributed by atoms with E-state index in [4.69, 9.17) is 5.41 Å². The molecule has 1 unspecified atom stereocenters. The van der Waals surface area contributed by atoms with Gasteiger partial charge in [0.05, 0.1) is 0 Å². The summed E-state index contributed by atoms with van der Waals surface area (Å²) in [7, 11) is 0. The third-order valence-corrected chi connectivity index (χ3v) is 3.46. The van der Waals surface area contributed by atoms with Crippen molar-refractivity contribution in [3.8, 4) is 0 Å². The SMILES string of the molecule is CCCCC(C)N1Cc2ccc(F)cc2C1=N. The lowest BCUT2D eigenvalue weighted by Gasteiger charge is -2.26. The third-order valence-electron chi connectivity index (χ3n) is 3.46. The molecule has 1 atom stereocenters. The Balaban J connectivity index is 2.14. The highest BCUT2D eigenvalue weighted by Gasteiger charge is 2.27. The maximum atomic E-state index is 13.2. The third kappa shape index (κ3) is 2.33. The van der Waals surface area contributed by atoms with Crippen LogP contribution < -0.4 is 0 Å². The van der Waals surface area contributed by atoms with Gasteiger partial charge < -0.3 is 4.90 Å². The first-order valence-electron chi connectivity index (χ1n) is 6.27. The van der Waals surface area contributed by atoms with Crippen LogP contribution in [0, 0.1) is 11.2 Å². The number of unbranched alkanes of at least 4 members (excludes halogenated alkanes) is 1. The minimum Gasteiger partial charge on any atom is -0.350 e. The van der Waals surface area contributed by atoms with Crippen molar-refractivity contribution < 1.29 is 4.39 Å². The molecule has 1 aromatic carbocycles. The number of hydrogen-bond acceptors (Lipinski definition) is 1. The van der Waals surface area contributed by atoms with Gasteiger partial charge in [0.15, 0.2) is 0 Å². The summed E-state index contributed by atoms with van der Waals surface area (Å²) < 4.78 is 13.2. The Bertz CT molecular complexity index is 428. The number of benzene rings is 1. The molecule has 2 nitrogen and oxygen atoms in total. The van der Waals surface area contributed by atoms with Crippen LogP contribution in [0.1, 0.15) is 44.2 Å². The lowest BCUT2D eigenvalue weighted by molar-refractivity contribution is 0.312. The Morgan fingerprint density at radius 3 is 2.94 bits per heavy atom. The van der Waals surface area contributed by atoms with E-state index in [9.17, 15) is 4.39 Å². The van der Waals surface area contributed by atoms with Crippen molar-refractivity contribution in [2.24, 2.45) is 0 Å². The van der Waals surface area contributed by atoms with Crippen LogP contribution in [-0.4, -0.2) is 16.8 Å². The molecule has 0 bridgehead atoms. The summed E-state index contributed by atoms with van der Waals surface area (Å²) in [5.41, 5.74) is 1.83. The molecule has 0 fully saturated rings. The van der Waals surface area contributed by atoms with Crippen molar-refractivity contribution in [3.05, 3.63) is 35.1 Å². The van der Waals surface area contributed by atoms with Crippen molar-refractivity contribution in [2.45, 2.75) is 45.7 Å². The number of fused-ring (bicyclic) bond motifs is 1. The molecule has 0 radical (unpaired) electrons. The van der Waals surface area contributed by atoms with E-state index in [1.807, 2.05) is 0 Å². The second-order valence-corrected chi connectivity index (χ2v) is 4.77. The van der Waals surface area contributed by atoms with Crippen LogP contribution in [0.2, 0.25) is 0 Å². The molecule has 0 spiro atoms. The van der Waals surface area contributed by atoms with Crippen molar-refractivity contribution in [1.29, 1.82) is 5.41 Å². The second-order valence-electron chi connectivity index (χ2n) is 4.77. The molecule has 1 aliphatic heterocycles. The van der Waals surface area contributed by atoms with Crippen molar-refractivity contribution in [2.75, 3.05) is 0 Å². The molecule has 0 aromatic heterocycles. The summed E-state index contributed by atoms with van der Waals surface area (Å²) in [6, 6.07) is 5.11. The van der Waals surface area contributed by atoms with E-state index in [1.54, 1.807) is 6.07 Å². The minimum atomic E-state index is -0.253. The largest absolute Gasteiger partial charge is 0.350 e. The van der Waals surface area contributed by atoms with Crippen LogP contribution in [0.4, 0.5) is 4.39 Å². The molecule has 1 heterocycles. The first kappa shape index (κ1) is 12.1. The van der Waals surface area contributed by atoms with Gasteiger partial charge in [-0.05, 0) is 31.0 Å². The molecule has 1 aromatic rings. The predicted octanol–water partition coefficient (Wildman–Crippen LogP) is 3.55. The van der Waals surface area contributed by atoms with Crippen LogP contribution in [0.5, 0.6) is 0 Å². The summed E-state index contributed by atoms with van der Waals surface area (Å²) in [4.78, 5) is 2.07. The maximum Gasteiger partial charge on any atom is 0.129 e. The highest BCUT2D eigenvalue weighted by atomic mass is 19.1. The van der Waals surface area contributed by atoms with E-state index in [-0.39, 0.29) is 5.82 Å². The zero-order chi connectivity index (χ0) is 12.4. The van der Waals surface area contributed by atoms with E-state index in [0.29, 0.717) is 11.9 Å². The van der Waals surface area contributed by atoms with Crippen LogP contribution >= 0.6 is 0 Å². The van der Waals surface area contributed by atoms with E-state index in [1.165, 1.54) is 25.0 Å². The van der Waals surface area contributed by atoms with Gasteiger partial charge in [0.1, 0.15) is 11.7 Å². The van der Waals surface area contributed by atoms with E-state index < -0.39 is 0 Å². The summed E-state index contributed by atoms with van der Waals surface area (Å²) in [6.45, 7) is 5.07. The molecule has 0 amide bonds. The lowest BCUT2D eigenvalue weighted by Crippen LogP contribution is -2.33. The average molecular weight is 234 g/mol. The fourth-order valence-corrected chi connectivity index (χ4v) is 2.36. The smallest absolute Gasteiger partial charge is 0.129 e. The highest BCUT2D eigenvalue weighted by Crippen LogP contribution is 2.26. The van der Waals surface area contributed by atoms with Crippen molar-refractivity contribution >= 4 is 5.84 Å². The molecular formula is C14H19FN2. The second kappa shape index (κ2) is 4.86. The average Bonchev–Trinajstić information content (AvgIpc) is 2.64. The van der Waals surface area contributed by atoms with Gasteiger partial charge in [0, 0.05) is 18.2 Å². The van der Waals surface area contributed by atoms with Gasteiger partial charge in [-0.15, -0.1) is 0 Å². The molecule has 2 rings (SSSR count). The fourth-order valence-electron chi connectivity index (χ4n) is 2.36. The van der Waals surface area contributed by atoms with Crippen LogP contribution in [0.25, 0.3) is 0 Å². The summed E-state index contributed by atoms with van der Waals surface area (Å²) in [5, 5.41) is 8.11. The Morgan fingerprint density at radius 2 is 2.24 bits per heavy atom. The monoisotopic (exact) mass is 234 g/mol. The Labute approximate surface area is 102 Å². The van der Waals surface area contributed by atoms with Gasteiger partial charge in [-0.2, -0.15) is 0 Å². The van der Waals surface area contributed by atoms with Gasteiger partial charge in [-0.25, -0.2) is 4.39 Å².